The van der Waals surface area contributed by atoms with Gasteiger partial charge in [-0.15, -0.1) is 0 Å². The van der Waals surface area contributed by atoms with Gasteiger partial charge in [-0.1, -0.05) is 0 Å². The van der Waals surface area contributed by atoms with Crippen molar-refractivity contribution in [1.82, 2.24) is 29.1 Å². The average molecular weight is 438 g/mol. The average Bonchev–Trinajstić information content (AvgIpc) is 2.99. The molecule has 5 rings (SSSR count). The van der Waals surface area contributed by atoms with E-state index >= 15 is 0 Å². The molecule has 0 unspecified atom stereocenters. The van der Waals surface area contributed by atoms with Crippen LogP contribution < -0.4 is 11.0 Å². The Morgan fingerprint density at radius 3 is 2.68 bits per heavy atom. The molecule has 1 fully saturated rings. The molecule has 1 aromatic carbocycles. The molecule has 9 heteroatoms. The number of aromatic nitrogens is 6. The van der Waals surface area contributed by atoms with E-state index in [1.165, 1.54) is 11.5 Å². The Balaban J connectivity index is 1.54. The molecule has 1 N–H and O–H groups in total. The van der Waals surface area contributed by atoms with Crippen LogP contribution in [0.2, 0.25) is 0 Å². The summed E-state index contributed by atoms with van der Waals surface area (Å²) < 4.78 is 3.54. The molecule has 8 nitrogen and oxygen atoms in total. The first kappa shape index (κ1) is 20.0. The number of imidazole rings is 1. The van der Waals surface area contributed by atoms with Crippen molar-refractivity contribution in [3.63, 3.8) is 0 Å². The highest BCUT2D eigenvalue weighted by molar-refractivity contribution is 8.32. The van der Waals surface area contributed by atoms with Gasteiger partial charge in [-0.3, -0.25) is 9.13 Å². The van der Waals surface area contributed by atoms with Gasteiger partial charge in [0, 0.05) is 30.4 Å². The van der Waals surface area contributed by atoms with Crippen molar-refractivity contribution in [2.75, 3.05) is 29.3 Å². The molecule has 0 saturated carbocycles. The van der Waals surface area contributed by atoms with E-state index < -0.39 is 10.0 Å². The van der Waals surface area contributed by atoms with Gasteiger partial charge in [-0.25, -0.2) is 29.8 Å². The summed E-state index contributed by atoms with van der Waals surface area (Å²) in [5, 5.41) is 4.28. The molecule has 31 heavy (non-hydrogen) atoms. The zero-order valence-electron chi connectivity index (χ0n) is 18.3. The van der Waals surface area contributed by atoms with E-state index in [2.05, 4.69) is 32.8 Å². The lowest BCUT2D eigenvalue weighted by atomic mass is 10.1. The molecule has 0 radical (unpaired) electrons. The highest BCUT2D eigenvalue weighted by atomic mass is 32.3. The SMILES string of the molecule is Cc1cc2ncncc2cc1Nc1ncc2c(n1)n(C1CCS(C)(C)CC1)c(=O)n2C. The summed E-state index contributed by atoms with van der Waals surface area (Å²) in [5.74, 6) is 2.86. The summed E-state index contributed by atoms with van der Waals surface area (Å²) >= 11 is 0. The Morgan fingerprint density at radius 1 is 1.13 bits per heavy atom. The number of aryl methyl sites for hydroxylation is 2. The fourth-order valence-corrected chi connectivity index (χ4v) is 6.35. The van der Waals surface area contributed by atoms with Gasteiger partial charge in [-0.2, -0.15) is 4.98 Å². The van der Waals surface area contributed by atoms with Gasteiger partial charge in [0.25, 0.3) is 0 Å². The van der Waals surface area contributed by atoms with E-state index in [4.69, 9.17) is 4.98 Å². The van der Waals surface area contributed by atoms with Gasteiger partial charge in [0.1, 0.15) is 11.8 Å². The van der Waals surface area contributed by atoms with Crippen molar-refractivity contribution >= 4 is 43.7 Å². The fourth-order valence-electron chi connectivity index (χ4n) is 4.33. The van der Waals surface area contributed by atoms with Crippen LogP contribution in [0.5, 0.6) is 0 Å². The summed E-state index contributed by atoms with van der Waals surface area (Å²) in [6.45, 7) is 2.02. The number of anilines is 2. The molecule has 0 bridgehead atoms. The minimum Gasteiger partial charge on any atom is -0.324 e. The normalized spacial score (nSPS) is 17.8. The number of hydrogen-bond acceptors (Lipinski definition) is 6. The predicted molar refractivity (Wildman–Crippen MR) is 128 cm³/mol. The van der Waals surface area contributed by atoms with Crippen molar-refractivity contribution in [2.45, 2.75) is 25.8 Å². The van der Waals surface area contributed by atoms with Crippen LogP contribution in [0.4, 0.5) is 11.6 Å². The highest BCUT2D eigenvalue weighted by Crippen LogP contribution is 2.47. The quantitative estimate of drug-likeness (QED) is 0.527. The van der Waals surface area contributed by atoms with E-state index in [9.17, 15) is 4.79 Å². The second kappa shape index (κ2) is 7.33. The number of hydrogen-bond donors (Lipinski definition) is 1. The summed E-state index contributed by atoms with van der Waals surface area (Å²) in [5.41, 5.74) is 4.28. The fraction of sp³-hybridized carbons (Fsp3) is 0.409. The first-order valence-electron chi connectivity index (χ1n) is 10.4. The number of nitrogens with zero attached hydrogens (tertiary/aromatic N) is 6. The molecule has 0 amide bonds. The molecule has 1 aliphatic heterocycles. The maximum absolute atomic E-state index is 13.0. The third-order valence-corrected chi connectivity index (χ3v) is 8.98. The monoisotopic (exact) mass is 437 g/mol. The summed E-state index contributed by atoms with van der Waals surface area (Å²) in [6, 6.07) is 4.21. The van der Waals surface area contributed by atoms with Crippen LogP contribution in [0.1, 0.15) is 24.4 Å². The van der Waals surface area contributed by atoms with E-state index in [0.29, 0.717) is 11.6 Å². The number of fused-ring (bicyclic) bond motifs is 2. The standard InChI is InChI=1S/C22H27N7OS/c1-14-9-18-15(11-23-13-25-18)10-17(14)26-21-24-12-19-20(27-21)29(22(30)28(19)2)16-5-7-31(3,4)8-6-16/h9-13,16H,5-8H2,1-4H3,(H,24,26,27). The molecule has 1 saturated heterocycles. The van der Waals surface area contributed by atoms with Crippen molar-refractivity contribution in [2.24, 2.45) is 7.05 Å². The van der Waals surface area contributed by atoms with Crippen LogP contribution in [0.15, 0.2) is 35.6 Å². The third kappa shape index (κ3) is 3.56. The van der Waals surface area contributed by atoms with Crippen LogP contribution in [-0.2, 0) is 7.05 Å². The van der Waals surface area contributed by atoms with Gasteiger partial charge >= 0.3 is 5.69 Å². The van der Waals surface area contributed by atoms with E-state index in [-0.39, 0.29) is 11.7 Å². The molecule has 3 aromatic heterocycles. The first-order valence-corrected chi connectivity index (χ1v) is 13.2. The lowest BCUT2D eigenvalue weighted by Gasteiger charge is -2.39. The molecular formula is C22H27N7OS. The Labute approximate surface area is 182 Å². The maximum atomic E-state index is 13.0. The van der Waals surface area contributed by atoms with Crippen molar-refractivity contribution in [1.29, 1.82) is 0 Å². The minimum atomic E-state index is -0.532. The number of benzene rings is 1. The summed E-state index contributed by atoms with van der Waals surface area (Å²) in [6.07, 6.45) is 11.9. The summed E-state index contributed by atoms with van der Waals surface area (Å²) in [7, 11) is 1.26. The molecule has 0 atom stereocenters. The van der Waals surface area contributed by atoms with Crippen LogP contribution in [0.3, 0.4) is 0 Å². The summed E-state index contributed by atoms with van der Waals surface area (Å²) in [4.78, 5) is 30.7. The van der Waals surface area contributed by atoms with Crippen molar-refractivity contribution in [3.05, 3.63) is 46.9 Å². The molecule has 0 aliphatic carbocycles. The van der Waals surface area contributed by atoms with Crippen LogP contribution >= 0.6 is 10.0 Å². The number of nitrogens with one attached hydrogen (secondary N) is 1. The second-order valence-electron chi connectivity index (χ2n) is 8.89. The minimum absolute atomic E-state index is 0.0137. The van der Waals surface area contributed by atoms with Crippen LogP contribution in [0, 0.1) is 6.92 Å². The zero-order valence-corrected chi connectivity index (χ0v) is 19.1. The lowest BCUT2D eigenvalue weighted by Crippen LogP contribution is -2.31. The van der Waals surface area contributed by atoms with E-state index in [1.54, 1.807) is 30.3 Å². The zero-order chi connectivity index (χ0) is 21.8. The van der Waals surface area contributed by atoms with Gasteiger partial charge < -0.3 is 5.32 Å². The molecular weight excluding hydrogens is 410 g/mol. The van der Waals surface area contributed by atoms with E-state index in [1.807, 2.05) is 23.6 Å². The largest absolute Gasteiger partial charge is 0.330 e. The Hall–Kier alpha value is -2.94. The lowest BCUT2D eigenvalue weighted by molar-refractivity contribution is 0.458. The number of rotatable bonds is 3. The smallest absolute Gasteiger partial charge is 0.324 e. The Bertz CT molecular complexity index is 1350. The van der Waals surface area contributed by atoms with Gasteiger partial charge in [0.15, 0.2) is 5.65 Å². The Morgan fingerprint density at radius 2 is 1.90 bits per heavy atom. The van der Waals surface area contributed by atoms with Crippen molar-refractivity contribution < 1.29 is 0 Å². The van der Waals surface area contributed by atoms with Gasteiger partial charge in [-0.05, 0) is 61.5 Å². The molecule has 4 aromatic rings. The highest BCUT2D eigenvalue weighted by Gasteiger charge is 2.28. The van der Waals surface area contributed by atoms with Gasteiger partial charge in [0.05, 0.1) is 11.7 Å². The van der Waals surface area contributed by atoms with E-state index in [0.717, 1.165) is 40.5 Å². The predicted octanol–water partition coefficient (Wildman–Crippen LogP) is 3.52. The molecule has 0 spiro atoms. The maximum Gasteiger partial charge on any atom is 0.330 e. The molecule has 162 valence electrons. The first-order chi connectivity index (χ1) is 14.8. The topological polar surface area (TPSA) is 90.5 Å². The molecule has 4 heterocycles. The molecule has 1 aliphatic rings. The van der Waals surface area contributed by atoms with Gasteiger partial charge in [0.2, 0.25) is 5.95 Å². The third-order valence-electron chi connectivity index (χ3n) is 6.30. The van der Waals surface area contributed by atoms with Crippen LogP contribution in [0.25, 0.3) is 22.1 Å². The van der Waals surface area contributed by atoms with Crippen molar-refractivity contribution in [3.8, 4) is 0 Å². The Kier molecular flexibility index (Phi) is 4.73. The van der Waals surface area contributed by atoms with Crippen LogP contribution in [-0.4, -0.2) is 53.1 Å². The second-order valence-corrected chi connectivity index (χ2v) is 13.2.